The van der Waals surface area contributed by atoms with Crippen LogP contribution in [0.15, 0.2) is 12.7 Å². The lowest BCUT2D eigenvalue weighted by molar-refractivity contribution is -0.597. The van der Waals surface area contributed by atoms with E-state index in [9.17, 15) is 9.59 Å². The molecular weight excluding hydrogens is 296 g/mol. The average molecular weight is 318 g/mol. The van der Waals surface area contributed by atoms with E-state index in [1.807, 2.05) is 6.92 Å². The zero-order valence-electron chi connectivity index (χ0n) is 13.1. The SMILES string of the molecule is C=CC(=O)OCCOC1(OC(=O)OC(C)(C)CCC)COO1. The molecule has 8 heteroatoms. The number of rotatable bonds is 9. The van der Waals surface area contributed by atoms with Crippen LogP contribution < -0.4 is 0 Å². The van der Waals surface area contributed by atoms with Crippen LogP contribution in [0.1, 0.15) is 33.6 Å². The zero-order chi connectivity index (χ0) is 16.6. The van der Waals surface area contributed by atoms with Crippen molar-refractivity contribution >= 4 is 12.1 Å². The van der Waals surface area contributed by atoms with Gasteiger partial charge in [0.1, 0.15) is 12.2 Å². The summed E-state index contributed by atoms with van der Waals surface area (Å²) >= 11 is 0. The second-order valence-corrected chi connectivity index (χ2v) is 5.21. The first kappa shape index (κ1) is 18.4. The van der Waals surface area contributed by atoms with Gasteiger partial charge in [0.25, 0.3) is 0 Å². The van der Waals surface area contributed by atoms with Crippen molar-refractivity contribution in [1.29, 1.82) is 0 Å². The quantitative estimate of drug-likeness (QED) is 0.210. The molecular formula is C14H22O8. The van der Waals surface area contributed by atoms with Crippen molar-refractivity contribution in [3.05, 3.63) is 12.7 Å². The van der Waals surface area contributed by atoms with Crippen LogP contribution in [0.2, 0.25) is 0 Å². The Balaban J connectivity index is 2.38. The monoisotopic (exact) mass is 318 g/mol. The second-order valence-electron chi connectivity index (χ2n) is 5.21. The third kappa shape index (κ3) is 6.00. The van der Waals surface area contributed by atoms with Crippen molar-refractivity contribution in [2.75, 3.05) is 19.8 Å². The Labute approximate surface area is 129 Å². The lowest BCUT2D eigenvalue weighted by Gasteiger charge is -2.37. The van der Waals surface area contributed by atoms with Crippen LogP contribution >= 0.6 is 0 Å². The highest BCUT2D eigenvalue weighted by Gasteiger charge is 2.49. The van der Waals surface area contributed by atoms with Crippen molar-refractivity contribution in [2.45, 2.75) is 45.2 Å². The van der Waals surface area contributed by atoms with Gasteiger partial charge in [-0.15, -0.1) is 0 Å². The zero-order valence-corrected chi connectivity index (χ0v) is 13.1. The van der Waals surface area contributed by atoms with Crippen molar-refractivity contribution in [3.8, 4) is 0 Å². The highest BCUT2D eigenvalue weighted by molar-refractivity contribution is 5.81. The van der Waals surface area contributed by atoms with Crippen LogP contribution in [0.5, 0.6) is 0 Å². The molecule has 22 heavy (non-hydrogen) atoms. The summed E-state index contributed by atoms with van der Waals surface area (Å²) in [5, 5.41) is 0. The molecule has 0 aliphatic carbocycles. The maximum atomic E-state index is 11.8. The lowest BCUT2D eigenvalue weighted by Crippen LogP contribution is -2.54. The Bertz CT molecular complexity index is 400. The topological polar surface area (TPSA) is 89.5 Å². The van der Waals surface area contributed by atoms with E-state index in [1.54, 1.807) is 13.8 Å². The summed E-state index contributed by atoms with van der Waals surface area (Å²) in [6.45, 7) is 8.59. The summed E-state index contributed by atoms with van der Waals surface area (Å²) in [5.74, 6) is -2.25. The van der Waals surface area contributed by atoms with Crippen molar-refractivity contribution < 1.29 is 38.3 Å². The second kappa shape index (κ2) is 8.11. The summed E-state index contributed by atoms with van der Waals surface area (Å²) in [6, 6.07) is 0. The molecule has 0 radical (unpaired) electrons. The summed E-state index contributed by atoms with van der Waals surface area (Å²) < 4.78 is 20.1. The predicted octanol–water partition coefficient (Wildman–Crippen LogP) is 2.08. The van der Waals surface area contributed by atoms with E-state index in [-0.39, 0.29) is 19.8 Å². The first-order chi connectivity index (χ1) is 10.3. The van der Waals surface area contributed by atoms with Gasteiger partial charge in [-0.1, -0.05) is 19.9 Å². The first-order valence-electron chi connectivity index (χ1n) is 6.98. The third-order valence-electron chi connectivity index (χ3n) is 2.69. The maximum absolute atomic E-state index is 11.8. The Kier molecular flexibility index (Phi) is 6.79. The number of hydrogen-bond donors (Lipinski definition) is 0. The minimum atomic E-state index is -1.67. The largest absolute Gasteiger partial charge is 0.513 e. The summed E-state index contributed by atoms with van der Waals surface area (Å²) in [4.78, 5) is 31.9. The molecule has 0 spiro atoms. The number of hydrogen-bond acceptors (Lipinski definition) is 8. The molecule has 1 heterocycles. The number of ether oxygens (including phenoxy) is 4. The molecule has 0 N–H and O–H groups in total. The molecule has 1 rings (SSSR count). The normalized spacial score (nSPS) is 20.7. The molecule has 1 fully saturated rings. The van der Waals surface area contributed by atoms with Gasteiger partial charge >= 0.3 is 18.1 Å². The molecule has 0 amide bonds. The molecule has 1 aliphatic rings. The fourth-order valence-corrected chi connectivity index (χ4v) is 1.72. The van der Waals surface area contributed by atoms with E-state index in [4.69, 9.17) is 23.8 Å². The first-order valence-corrected chi connectivity index (χ1v) is 6.98. The number of esters is 1. The standard InChI is InChI=1S/C14H22O8/c1-5-7-13(3,4)20-12(16)21-14(10-19-22-14)18-9-8-17-11(15)6-2/h6H,2,5,7-10H2,1,3-4H3. The van der Waals surface area contributed by atoms with E-state index in [1.165, 1.54) is 0 Å². The molecule has 1 saturated heterocycles. The van der Waals surface area contributed by atoms with Crippen LogP contribution in [-0.4, -0.2) is 43.5 Å². The van der Waals surface area contributed by atoms with Gasteiger partial charge in [-0.2, -0.15) is 4.89 Å². The molecule has 1 unspecified atom stereocenters. The molecule has 8 nitrogen and oxygen atoms in total. The van der Waals surface area contributed by atoms with E-state index in [0.717, 1.165) is 12.5 Å². The molecule has 1 aliphatic heterocycles. The van der Waals surface area contributed by atoms with Gasteiger partial charge in [-0.25, -0.2) is 14.5 Å². The minimum absolute atomic E-state index is 0.0459. The predicted molar refractivity (Wildman–Crippen MR) is 73.4 cm³/mol. The Morgan fingerprint density at radius 3 is 2.55 bits per heavy atom. The maximum Gasteiger partial charge on any atom is 0.513 e. The number of carbonyl (C=O) groups is 2. The molecule has 0 bridgehead atoms. The summed E-state index contributed by atoms with van der Waals surface area (Å²) in [7, 11) is 0. The van der Waals surface area contributed by atoms with Crippen LogP contribution in [0.3, 0.4) is 0 Å². The van der Waals surface area contributed by atoms with E-state index in [0.29, 0.717) is 6.42 Å². The van der Waals surface area contributed by atoms with Crippen molar-refractivity contribution in [2.24, 2.45) is 0 Å². The van der Waals surface area contributed by atoms with Gasteiger partial charge in [0.2, 0.25) is 0 Å². The molecule has 126 valence electrons. The van der Waals surface area contributed by atoms with Gasteiger partial charge in [0, 0.05) is 6.08 Å². The van der Waals surface area contributed by atoms with Gasteiger partial charge in [0.15, 0.2) is 6.61 Å². The van der Waals surface area contributed by atoms with Gasteiger partial charge in [-0.3, -0.25) is 0 Å². The van der Waals surface area contributed by atoms with Crippen molar-refractivity contribution in [3.63, 3.8) is 0 Å². The van der Waals surface area contributed by atoms with E-state index >= 15 is 0 Å². The van der Waals surface area contributed by atoms with Gasteiger partial charge in [-0.05, 0) is 20.3 Å². The van der Waals surface area contributed by atoms with E-state index < -0.39 is 23.7 Å². The van der Waals surface area contributed by atoms with Crippen LogP contribution in [0.4, 0.5) is 4.79 Å². The lowest BCUT2D eigenvalue weighted by atomic mass is 10.0. The third-order valence-corrected chi connectivity index (χ3v) is 2.69. The molecule has 0 aromatic rings. The average Bonchev–Trinajstić information content (AvgIpc) is 2.39. The fourth-order valence-electron chi connectivity index (χ4n) is 1.72. The molecule has 0 aromatic carbocycles. The highest BCUT2D eigenvalue weighted by atomic mass is 17.3. The number of carbonyl (C=O) groups excluding carboxylic acids is 2. The Morgan fingerprint density at radius 2 is 2.05 bits per heavy atom. The van der Waals surface area contributed by atoms with Gasteiger partial charge in [0.05, 0.1) is 6.61 Å². The van der Waals surface area contributed by atoms with Crippen molar-refractivity contribution in [1.82, 2.24) is 0 Å². The highest BCUT2D eigenvalue weighted by Crippen LogP contribution is 2.27. The van der Waals surface area contributed by atoms with Crippen LogP contribution in [0.25, 0.3) is 0 Å². The van der Waals surface area contributed by atoms with Crippen LogP contribution in [-0.2, 0) is 33.5 Å². The molecule has 0 aromatic heterocycles. The minimum Gasteiger partial charge on any atom is -0.460 e. The smallest absolute Gasteiger partial charge is 0.460 e. The van der Waals surface area contributed by atoms with Crippen LogP contribution in [0, 0.1) is 0 Å². The van der Waals surface area contributed by atoms with Gasteiger partial charge < -0.3 is 18.9 Å². The summed E-state index contributed by atoms with van der Waals surface area (Å²) in [6.07, 6.45) is 1.65. The Morgan fingerprint density at radius 1 is 1.36 bits per heavy atom. The molecule has 1 atom stereocenters. The fraction of sp³-hybridized carbons (Fsp3) is 0.714. The Hall–Kier alpha value is -1.64. The van der Waals surface area contributed by atoms with E-state index in [2.05, 4.69) is 11.5 Å². The summed E-state index contributed by atoms with van der Waals surface area (Å²) in [5.41, 5.74) is -0.656. The molecule has 0 saturated carbocycles.